The van der Waals surface area contributed by atoms with Gasteiger partial charge in [-0.2, -0.15) is 0 Å². The lowest BCUT2D eigenvalue weighted by Gasteiger charge is -2.35. The van der Waals surface area contributed by atoms with Crippen LogP contribution >= 0.6 is 0 Å². The lowest BCUT2D eigenvalue weighted by atomic mass is 9.97. The SMILES string of the molecule is Cc1ccc(CCC(=O)N2CCN(C(=O)NCC(C)(C)C)CC2)cc1. The molecule has 3 amide bonds. The van der Waals surface area contributed by atoms with E-state index in [0.717, 1.165) is 6.42 Å². The number of aryl methyl sites for hydroxylation is 2. The zero-order chi connectivity index (χ0) is 18.4. The third kappa shape index (κ3) is 6.40. The first-order valence-electron chi connectivity index (χ1n) is 9.11. The van der Waals surface area contributed by atoms with Gasteiger partial charge in [0.05, 0.1) is 0 Å². The Kier molecular flexibility index (Phi) is 6.45. The van der Waals surface area contributed by atoms with Crippen molar-refractivity contribution in [3.63, 3.8) is 0 Å². The number of benzene rings is 1. The van der Waals surface area contributed by atoms with Crippen LogP contribution in [-0.2, 0) is 11.2 Å². The van der Waals surface area contributed by atoms with Crippen LogP contribution in [0.15, 0.2) is 24.3 Å². The van der Waals surface area contributed by atoms with Crippen molar-refractivity contribution in [1.82, 2.24) is 15.1 Å². The molecule has 0 aromatic heterocycles. The maximum Gasteiger partial charge on any atom is 0.317 e. The predicted octanol–water partition coefficient (Wildman–Crippen LogP) is 2.83. The summed E-state index contributed by atoms with van der Waals surface area (Å²) in [6.45, 7) is 11.4. The van der Waals surface area contributed by atoms with Gasteiger partial charge < -0.3 is 15.1 Å². The molecule has 0 bridgehead atoms. The van der Waals surface area contributed by atoms with Gasteiger partial charge in [0.25, 0.3) is 0 Å². The minimum atomic E-state index is -0.0262. The second kappa shape index (κ2) is 8.37. The Balaban J connectivity index is 1.72. The second-order valence-corrected chi connectivity index (χ2v) is 8.07. The van der Waals surface area contributed by atoms with Crippen molar-refractivity contribution in [3.8, 4) is 0 Å². The van der Waals surface area contributed by atoms with Crippen molar-refractivity contribution in [3.05, 3.63) is 35.4 Å². The predicted molar refractivity (Wildman–Crippen MR) is 101 cm³/mol. The monoisotopic (exact) mass is 345 g/mol. The largest absolute Gasteiger partial charge is 0.339 e. The third-order valence-electron chi connectivity index (χ3n) is 4.44. The minimum Gasteiger partial charge on any atom is -0.339 e. The van der Waals surface area contributed by atoms with Gasteiger partial charge in [0.15, 0.2) is 0 Å². The number of rotatable bonds is 4. The number of amides is 3. The molecule has 1 aromatic rings. The van der Waals surface area contributed by atoms with Gasteiger partial charge in [-0.15, -0.1) is 0 Å². The normalized spacial score (nSPS) is 15.2. The van der Waals surface area contributed by atoms with E-state index in [0.29, 0.717) is 39.1 Å². The molecule has 1 heterocycles. The van der Waals surface area contributed by atoms with Gasteiger partial charge >= 0.3 is 6.03 Å². The van der Waals surface area contributed by atoms with E-state index in [9.17, 15) is 9.59 Å². The number of carbonyl (C=O) groups excluding carboxylic acids is 2. The first kappa shape index (κ1) is 19.3. The Morgan fingerprint density at radius 3 is 2.12 bits per heavy atom. The topological polar surface area (TPSA) is 52.7 Å². The molecule has 0 atom stereocenters. The van der Waals surface area contributed by atoms with Crippen LogP contribution in [0, 0.1) is 12.3 Å². The van der Waals surface area contributed by atoms with Gasteiger partial charge in [-0.1, -0.05) is 50.6 Å². The fourth-order valence-electron chi connectivity index (χ4n) is 2.78. The molecular formula is C20H31N3O2. The molecule has 0 saturated carbocycles. The Morgan fingerprint density at radius 1 is 1.00 bits per heavy atom. The van der Waals surface area contributed by atoms with Crippen molar-refractivity contribution in [1.29, 1.82) is 0 Å². The lowest BCUT2D eigenvalue weighted by molar-refractivity contribution is -0.132. The molecule has 5 nitrogen and oxygen atoms in total. The average Bonchev–Trinajstić information content (AvgIpc) is 2.58. The standard InChI is InChI=1S/C20H31N3O2/c1-16-5-7-17(8-6-16)9-10-18(24)22-11-13-23(14-12-22)19(25)21-15-20(2,3)4/h5-8H,9-15H2,1-4H3,(H,21,25). The van der Waals surface area contributed by atoms with Gasteiger partial charge in [0.2, 0.25) is 5.91 Å². The summed E-state index contributed by atoms with van der Waals surface area (Å²) < 4.78 is 0. The highest BCUT2D eigenvalue weighted by Gasteiger charge is 2.24. The average molecular weight is 345 g/mol. The van der Waals surface area contributed by atoms with Crippen molar-refractivity contribution >= 4 is 11.9 Å². The fraction of sp³-hybridized carbons (Fsp3) is 0.600. The first-order valence-corrected chi connectivity index (χ1v) is 9.11. The summed E-state index contributed by atoms with van der Waals surface area (Å²) in [7, 11) is 0. The van der Waals surface area contributed by atoms with E-state index in [1.807, 2.05) is 4.90 Å². The van der Waals surface area contributed by atoms with E-state index in [-0.39, 0.29) is 17.4 Å². The number of piperazine rings is 1. The highest BCUT2D eigenvalue weighted by molar-refractivity contribution is 5.78. The molecule has 0 unspecified atom stereocenters. The number of urea groups is 1. The molecule has 0 spiro atoms. The van der Waals surface area contributed by atoms with Crippen molar-refractivity contribution in [2.75, 3.05) is 32.7 Å². The Bertz CT molecular complexity index is 582. The highest BCUT2D eigenvalue weighted by Crippen LogP contribution is 2.12. The maximum absolute atomic E-state index is 12.4. The molecule has 138 valence electrons. The van der Waals surface area contributed by atoms with E-state index in [1.165, 1.54) is 11.1 Å². The number of hydrogen-bond donors (Lipinski definition) is 1. The molecule has 0 radical (unpaired) electrons. The maximum atomic E-state index is 12.4. The van der Waals surface area contributed by atoms with Crippen LogP contribution in [0.2, 0.25) is 0 Å². The molecule has 25 heavy (non-hydrogen) atoms. The molecule has 2 rings (SSSR count). The van der Waals surface area contributed by atoms with Crippen LogP contribution in [0.25, 0.3) is 0 Å². The molecule has 1 aliphatic heterocycles. The van der Waals surface area contributed by atoms with Gasteiger partial charge in [-0.3, -0.25) is 4.79 Å². The number of nitrogens with zero attached hydrogens (tertiary/aromatic N) is 2. The molecule has 1 fully saturated rings. The van der Waals surface area contributed by atoms with E-state index in [4.69, 9.17) is 0 Å². The molecule has 1 aliphatic rings. The van der Waals surface area contributed by atoms with E-state index in [2.05, 4.69) is 57.3 Å². The van der Waals surface area contributed by atoms with E-state index >= 15 is 0 Å². The smallest absolute Gasteiger partial charge is 0.317 e. The summed E-state index contributed by atoms with van der Waals surface area (Å²) in [5.74, 6) is 0.176. The van der Waals surface area contributed by atoms with Crippen LogP contribution in [0.4, 0.5) is 4.79 Å². The van der Waals surface area contributed by atoms with Crippen LogP contribution < -0.4 is 5.32 Å². The zero-order valence-electron chi connectivity index (χ0n) is 16.0. The minimum absolute atomic E-state index is 0.0262. The Labute approximate surface area is 151 Å². The lowest BCUT2D eigenvalue weighted by Crippen LogP contribution is -2.53. The van der Waals surface area contributed by atoms with Crippen molar-refractivity contribution in [2.45, 2.75) is 40.5 Å². The van der Waals surface area contributed by atoms with Gasteiger partial charge in [0, 0.05) is 39.1 Å². The van der Waals surface area contributed by atoms with Gasteiger partial charge in [0.1, 0.15) is 0 Å². The van der Waals surface area contributed by atoms with Crippen molar-refractivity contribution in [2.24, 2.45) is 5.41 Å². The van der Waals surface area contributed by atoms with E-state index < -0.39 is 0 Å². The summed E-state index contributed by atoms with van der Waals surface area (Å²) in [5.41, 5.74) is 2.50. The summed E-state index contributed by atoms with van der Waals surface area (Å²) >= 11 is 0. The quantitative estimate of drug-likeness (QED) is 0.912. The molecule has 0 aliphatic carbocycles. The molecule has 1 N–H and O–H groups in total. The number of carbonyl (C=O) groups is 2. The molecule has 1 saturated heterocycles. The van der Waals surface area contributed by atoms with Crippen LogP contribution in [0.3, 0.4) is 0 Å². The summed E-state index contributed by atoms with van der Waals surface area (Å²) in [6, 6.07) is 8.30. The third-order valence-corrected chi connectivity index (χ3v) is 4.44. The summed E-state index contributed by atoms with van der Waals surface area (Å²) in [4.78, 5) is 28.2. The molecule has 1 aromatic carbocycles. The van der Waals surface area contributed by atoms with Crippen LogP contribution in [-0.4, -0.2) is 54.5 Å². The zero-order valence-corrected chi connectivity index (χ0v) is 16.0. The summed E-state index contributed by atoms with van der Waals surface area (Å²) in [5, 5.41) is 2.97. The molecular weight excluding hydrogens is 314 g/mol. The summed E-state index contributed by atoms with van der Waals surface area (Å²) in [6.07, 6.45) is 1.30. The Morgan fingerprint density at radius 2 is 1.56 bits per heavy atom. The number of nitrogens with one attached hydrogen (secondary N) is 1. The highest BCUT2D eigenvalue weighted by atomic mass is 16.2. The fourth-order valence-corrected chi connectivity index (χ4v) is 2.78. The van der Waals surface area contributed by atoms with Crippen molar-refractivity contribution < 1.29 is 9.59 Å². The van der Waals surface area contributed by atoms with Crippen LogP contribution in [0.1, 0.15) is 38.3 Å². The second-order valence-electron chi connectivity index (χ2n) is 8.07. The van der Waals surface area contributed by atoms with Gasteiger partial charge in [-0.25, -0.2) is 4.79 Å². The molecule has 5 heteroatoms. The van der Waals surface area contributed by atoms with Gasteiger partial charge in [-0.05, 0) is 24.3 Å². The number of hydrogen-bond acceptors (Lipinski definition) is 2. The Hall–Kier alpha value is -2.04. The van der Waals surface area contributed by atoms with E-state index in [1.54, 1.807) is 4.90 Å². The van der Waals surface area contributed by atoms with Crippen LogP contribution in [0.5, 0.6) is 0 Å². The first-order chi connectivity index (χ1) is 11.7.